The van der Waals surface area contributed by atoms with Crippen molar-refractivity contribution in [1.29, 1.82) is 0 Å². The molecule has 2 fully saturated rings. The summed E-state index contributed by atoms with van der Waals surface area (Å²) in [6.07, 6.45) is 1.80. The molecule has 104 valence electrons. The van der Waals surface area contributed by atoms with Gasteiger partial charge in [-0.05, 0) is 18.3 Å². The van der Waals surface area contributed by atoms with Crippen molar-refractivity contribution in [3.63, 3.8) is 0 Å². The van der Waals surface area contributed by atoms with E-state index in [9.17, 15) is 4.79 Å². The van der Waals surface area contributed by atoms with Gasteiger partial charge in [-0.3, -0.25) is 0 Å². The van der Waals surface area contributed by atoms with Crippen LogP contribution in [0.1, 0.15) is 28.7 Å². The van der Waals surface area contributed by atoms with E-state index in [2.05, 4.69) is 16.8 Å². The van der Waals surface area contributed by atoms with Gasteiger partial charge < -0.3 is 15.4 Å². The molecule has 1 aromatic heterocycles. The molecule has 0 bridgehead atoms. The van der Waals surface area contributed by atoms with Crippen LogP contribution >= 0.6 is 11.3 Å². The standard InChI is InChI=1S/C13H19N3O2S/c1-3-4-9-11(12(17)18-2)19-13(15-9)16-5-7-8(6-16)10(7)14/h7-8,10H,3-6,14H2,1-2H3/t7-,8+,10?. The number of piperidine rings is 1. The van der Waals surface area contributed by atoms with Crippen molar-refractivity contribution in [2.45, 2.75) is 25.8 Å². The number of carbonyl (C=O) groups excluding carboxylic acids is 1. The summed E-state index contributed by atoms with van der Waals surface area (Å²) < 4.78 is 4.84. The van der Waals surface area contributed by atoms with E-state index in [1.54, 1.807) is 0 Å². The number of aromatic nitrogens is 1. The van der Waals surface area contributed by atoms with E-state index in [0.29, 0.717) is 22.8 Å². The zero-order chi connectivity index (χ0) is 13.6. The number of aryl methyl sites for hydroxylation is 1. The summed E-state index contributed by atoms with van der Waals surface area (Å²) in [6.45, 7) is 4.04. The van der Waals surface area contributed by atoms with Crippen LogP contribution in [-0.2, 0) is 11.2 Å². The maximum Gasteiger partial charge on any atom is 0.350 e. The van der Waals surface area contributed by atoms with Gasteiger partial charge in [0.05, 0.1) is 12.8 Å². The van der Waals surface area contributed by atoms with E-state index in [0.717, 1.165) is 36.8 Å². The zero-order valence-electron chi connectivity index (χ0n) is 11.3. The van der Waals surface area contributed by atoms with E-state index in [4.69, 9.17) is 10.5 Å². The second-order valence-corrected chi connectivity index (χ2v) is 6.30. The molecule has 2 heterocycles. The predicted molar refractivity (Wildman–Crippen MR) is 74.6 cm³/mol. The van der Waals surface area contributed by atoms with E-state index in [1.807, 2.05) is 0 Å². The third-order valence-corrected chi connectivity index (χ3v) is 5.21. The lowest BCUT2D eigenvalue weighted by atomic mass is 10.2. The van der Waals surface area contributed by atoms with Crippen LogP contribution in [0, 0.1) is 11.8 Å². The number of hydrogen-bond acceptors (Lipinski definition) is 6. The fourth-order valence-electron chi connectivity index (χ4n) is 2.86. The largest absolute Gasteiger partial charge is 0.465 e. The van der Waals surface area contributed by atoms with Crippen molar-refractivity contribution in [3.05, 3.63) is 10.6 Å². The average Bonchev–Trinajstić information content (AvgIpc) is 2.84. The minimum Gasteiger partial charge on any atom is -0.465 e. The van der Waals surface area contributed by atoms with Gasteiger partial charge in [-0.2, -0.15) is 0 Å². The maximum absolute atomic E-state index is 11.8. The quantitative estimate of drug-likeness (QED) is 0.842. The van der Waals surface area contributed by atoms with Crippen molar-refractivity contribution in [3.8, 4) is 0 Å². The highest BCUT2D eigenvalue weighted by molar-refractivity contribution is 7.17. The zero-order valence-corrected chi connectivity index (χ0v) is 12.1. The molecule has 0 amide bonds. The molecule has 0 radical (unpaired) electrons. The molecule has 19 heavy (non-hydrogen) atoms. The number of hydrogen-bond donors (Lipinski definition) is 1. The molecule has 3 atom stereocenters. The first kappa shape index (κ1) is 12.9. The lowest BCUT2D eigenvalue weighted by molar-refractivity contribution is 0.0605. The van der Waals surface area contributed by atoms with E-state index >= 15 is 0 Å². The van der Waals surface area contributed by atoms with Crippen LogP contribution < -0.4 is 10.6 Å². The molecule has 1 aromatic rings. The van der Waals surface area contributed by atoms with Gasteiger partial charge >= 0.3 is 5.97 Å². The summed E-state index contributed by atoms with van der Waals surface area (Å²) >= 11 is 1.45. The second-order valence-electron chi connectivity index (χ2n) is 5.32. The number of nitrogens with zero attached hydrogens (tertiary/aromatic N) is 2. The van der Waals surface area contributed by atoms with Gasteiger partial charge in [0, 0.05) is 19.1 Å². The van der Waals surface area contributed by atoms with Gasteiger partial charge in [0.2, 0.25) is 0 Å². The Balaban J connectivity index is 1.81. The number of methoxy groups -OCH3 is 1. The molecule has 6 heteroatoms. The van der Waals surface area contributed by atoms with Gasteiger partial charge in [-0.25, -0.2) is 9.78 Å². The van der Waals surface area contributed by atoms with Crippen molar-refractivity contribution < 1.29 is 9.53 Å². The molecule has 1 aliphatic heterocycles. The minimum atomic E-state index is -0.270. The SMILES string of the molecule is CCCc1nc(N2C[C@@H]3C(N)[C@@H]3C2)sc1C(=O)OC. The molecular formula is C13H19N3O2S. The van der Waals surface area contributed by atoms with Crippen LogP contribution in [-0.4, -0.2) is 37.2 Å². The molecule has 1 saturated carbocycles. The Morgan fingerprint density at radius 2 is 2.21 bits per heavy atom. The minimum absolute atomic E-state index is 0.270. The highest BCUT2D eigenvalue weighted by Crippen LogP contribution is 2.46. The molecule has 2 N–H and O–H groups in total. The number of rotatable bonds is 4. The molecule has 5 nitrogen and oxygen atoms in total. The van der Waals surface area contributed by atoms with Crippen molar-refractivity contribution >= 4 is 22.4 Å². The Labute approximate surface area is 116 Å². The van der Waals surface area contributed by atoms with E-state index < -0.39 is 0 Å². The lowest BCUT2D eigenvalue weighted by Gasteiger charge is -2.17. The number of carbonyl (C=O) groups is 1. The fraction of sp³-hybridized carbons (Fsp3) is 0.692. The summed E-state index contributed by atoms with van der Waals surface area (Å²) in [6, 6.07) is 0.381. The molecule has 1 unspecified atom stereocenters. The van der Waals surface area contributed by atoms with Crippen LogP contribution in [0.5, 0.6) is 0 Å². The smallest absolute Gasteiger partial charge is 0.350 e. The number of ether oxygens (including phenoxy) is 1. The number of anilines is 1. The fourth-order valence-corrected chi connectivity index (χ4v) is 3.91. The molecule has 1 saturated heterocycles. The first-order chi connectivity index (χ1) is 9.15. The molecule has 3 rings (SSSR count). The first-order valence-corrected chi connectivity index (χ1v) is 7.56. The van der Waals surface area contributed by atoms with Crippen molar-refractivity contribution in [1.82, 2.24) is 4.98 Å². The summed E-state index contributed by atoms with van der Waals surface area (Å²) in [5, 5.41) is 0.947. The summed E-state index contributed by atoms with van der Waals surface area (Å²) in [7, 11) is 1.42. The predicted octanol–water partition coefficient (Wildman–Crippen LogP) is 1.28. The van der Waals surface area contributed by atoms with Gasteiger partial charge in [0.15, 0.2) is 5.13 Å². The van der Waals surface area contributed by atoms with Crippen molar-refractivity contribution in [2.24, 2.45) is 17.6 Å². The Morgan fingerprint density at radius 3 is 2.79 bits per heavy atom. The van der Waals surface area contributed by atoms with E-state index in [1.165, 1.54) is 18.4 Å². The Kier molecular flexibility index (Phi) is 3.22. The molecule has 0 aromatic carbocycles. The number of thiazole rings is 1. The summed E-state index contributed by atoms with van der Waals surface area (Å²) in [5.41, 5.74) is 6.82. The number of nitrogens with two attached hydrogens (primary N) is 1. The van der Waals surface area contributed by atoms with Gasteiger partial charge in [-0.1, -0.05) is 24.7 Å². The molecule has 2 aliphatic rings. The highest BCUT2D eigenvalue weighted by Gasteiger charge is 2.54. The van der Waals surface area contributed by atoms with Crippen LogP contribution in [0.15, 0.2) is 0 Å². The van der Waals surface area contributed by atoms with Gasteiger partial charge in [0.25, 0.3) is 0 Å². The van der Waals surface area contributed by atoms with Crippen molar-refractivity contribution in [2.75, 3.05) is 25.1 Å². The Morgan fingerprint density at radius 1 is 1.53 bits per heavy atom. The molecule has 0 spiro atoms. The second kappa shape index (κ2) is 4.76. The monoisotopic (exact) mass is 281 g/mol. The summed E-state index contributed by atoms with van der Waals surface area (Å²) in [5.74, 6) is 0.980. The third kappa shape index (κ3) is 2.12. The average molecular weight is 281 g/mol. The van der Waals surface area contributed by atoms with Gasteiger partial charge in [-0.15, -0.1) is 0 Å². The van der Waals surface area contributed by atoms with Crippen LogP contribution in [0.3, 0.4) is 0 Å². The highest BCUT2D eigenvalue weighted by atomic mass is 32.1. The summed E-state index contributed by atoms with van der Waals surface area (Å²) in [4.78, 5) is 19.3. The van der Waals surface area contributed by atoms with Gasteiger partial charge in [0.1, 0.15) is 4.88 Å². The normalized spacial score (nSPS) is 28.4. The Bertz CT molecular complexity index is 490. The molecule has 1 aliphatic carbocycles. The van der Waals surface area contributed by atoms with E-state index in [-0.39, 0.29) is 5.97 Å². The van der Waals surface area contributed by atoms with Crippen LogP contribution in [0.25, 0.3) is 0 Å². The number of esters is 1. The lowest BCUT2D eigenvalue weighted by Crippen LogP contribution is -2.27. The first-order valence-electron chi connectivity index (χ1n) is 6.74. The molecular weight excluding hydrogens is 262 g/mol. The topological polar surface area (TPSA) is 68.5 Å². The Hall–Kier alpha value is -1.14. The van der Waals surface area contributed by atoms with Crippen LogP contribution in [0.2, 0.25) is 0 Å². The third-order valence-electron chi connectivity index (χ3n) is 4.07. The maximum atomic E-state index is 11.8. The number of fused-ring (bicyclic) bond motifs is 1. The van der Waals surface area contributed by atoms with Crippen LogP contribution in [0.4, 0.5) is 5.13 Å².